The topological polar surface area (TPSA) is 61.2 Å². The maximum Gasteiger partial charge on any atom is 0.161 e. The summed E-state index contributed by atoms with van der Waals surface area (Å²) in [5, 5.41) is 8.51. The van der Waals surface area contributed by atoms with Gasteiger partial charge >= 0.3 is 0 Å². The molecule has 2 unspecified atom stereocenters. The van der Waals surface area contributed by atoms with Crippen molar-refractivity contribution in [1.29, 1.82) is 5.41 Å². The Morgan fingerprint density at radius 2 is 2.17 bits per heavy atom. The zero-order valence-electron chi connectivity index (χ0n) is 9.34. The van der Waals surface area contributed by atoms with Crippen molar-refractivity contribution in [2.24, 2.45) is 0 Å². The van der Waals surface area contributed by atoms with E-state index in [9.17, 15) is 8.42 Å². The van der Waals surface area contributed by atoms with Gasteiger partial charge in [-0.2, -0.15) is 0 Å². The van der Waals surface area contributed by atoms with E-state index in [-0.39, 0.29) is 22.8 Å². The first-order valence-electron chi connectivity index (χ1n) is 5.47. The molecule has 0 bridgehead atoms. The molecule has 2 atom stereocenters. The molecule has 1 aromatic carbocycles. The predicted octanol–water partition coefficient (Wildman–Crippen LogP) is 1.94. The number of nitrogens with zero attached hydrogens (tertiary/aromatic N) is 1. The molecule has 2 aliphatic heterocycles. The Morgan fingerprint density at radius 1 is 1.39 bits per heavy atom. The highest BCUT2D eigenvalue weighted by molar-refractivity contribution is 14.1. The van der Waals surface area contributed by atoms with Crippen LogP contribution in [0.25, 0.3) is 0 Å². The largest absolute Gasteiger partial charge is 0.316 e. The number of halogens is 1. The van der Waals surface area contributed by atoms with Crippen molar-refractivity contribution >= 4 is 55.0 Å². The summed E-state index contributed by atoms with van der Waals surface area (Å²) >= 11 is 3.60. The summed E-state index contributed by atoms with van der Waals surface area (Å²) in [5.74, 6) is 0.365. The lowest BCUT2D eigenvalue weighted by Gasteiger charge is -2.23. The van der Waals surface area contributed by atoms with E-state index in [1.807, 2.05) is 29.2 Å². The van der Waals surface area contributed by atoms with Crippen LogP contribution in [0.4, 0.5) is 5.69 Å². The second kappa shape index (κ2) is 4.38. The molecule has 0 aromatic heterocycles. The van der Waals surface area contributed by atoms with Crippen LogP contribution in [0.15, 0.2) is 24.3 Å². The number of hydrogen-bond donors (Lipinski definition) is 1. The van der Waals surface area contributed by atoms with Crippen molar-refractivity contribution < 1.29 is 8.42 Å². The smallest absolute Gasteiger partial charge is 0.161 e. The fourth-order valence-corrected chi connectivity index (χ4v) is 6.76. The highest BCUT2D eigenvalue weighted by Gasteiger charge is 2.48. The molecule has 0 amide bonds. The number of rotatable bonds is 1. The zero-order chi connectivity index (χ0) is 12.9. The molecule has 2 heterocycles. The molecule has 1 aromatic rings. The van der Waals surface area contributed by atoms with Gasteiger partial charge in [0, 0.05) is 14.5 Å². The van der Waals surface area contributed by atoms with Crippen LogP contribution in [0.2, 0.25) is 0 Å². The lowest BCUT2D eigenvalue weighted by molar-refractivity contribution is 0.601. The highest BCUT2D eigenvalue weighted by Crippen LogP contribution is 2.40. The first-order valence-corrected chi connectivity index (χ1v) is 9.25. The third-order valence-corrected chi connectivity index (χ3v) is 6.97. The number of benzene rings is 1. The number of fused-ring (bicyclic) bond motifs is 1. The van der Waals surface area contributed by atoms with Crippen LogP contribution in [0.3, 0.4) is 0 Å². The summed E-state index contributed by atoms with van der Waals surface area (Å²) in [6, 6.07) is 7.77. The molecule has 0 radical (unpaired) electrons. The molecule has 18 heavy (non-hydrogen) atoms. The summed E-state index contributed by atoms with van der Waals surface area (Å²) in [6.45, 7) is 0. The minimum absolute atomic E-state index is 0.0142. The first-order chi connectivity index (χ1) is 8.46. The lowest BCUT2D eigenvalue weighted by atomic mass is 10.2. The van der Waals surface area contributed by atoms with Crippen LogP contribution in [-0.4, -0.2) is 36.4 Å². The van der Waals surface area contributed by atoms with Gasteiger partial charge in [0.2, 0.25) is 0 Å². The Hall–Kier alpha value is -0.280. The van der Waals surface area contributed by atoms with Gasteiger partial charge in [0.05, 0.1) is 17.5 Å². The molecule has 7 heteroatoms. The zero-order valence-corrected chi connectivity index (χ0v) is 13.1. The molecule has 2 saturated heterocycles. The maximum atomic E-state index is 11.7. The minimum atomic E-state index is -2.94. The van der Waals surface area contributed by atoms with E-state index in [0.29, 0.717) is 5.17 Å². The van der Waals surface area contributed by atoms with Crippen LogP contribution < -0.4 is 4.90 Å². The number of amidine groups is 1. The van der Waals surface area contributed by atoms with Crippen molar-refractivity contribution in [3.8, 4) is 0 Å². The van der Waals surface area contributed by atoms with Crippen molar-refractivity contribution in [1.82, 2.24) is 0 Å². The lowest BCUT2D eigenvalue weighted by Crippen LogP contribution is -2.37. The van der Waals surface area contributed by atoms with Crippen LogP contribution in [0.1, 0.15) is 0 Å². The Kier molecular flexibility index (Phi) is 3.10. The van der Waals surface area contributed by atoms with E-state index in [1.54, 1.807) is 0 Å². The Labute approximate surface area is 124 Å². The molecule has 3 rings (SSSR count). The maximum absolute atomic E-state index is 11.7. The van der Waals surface area contributed by atoms with E-state index in [0.717, 1.165) is 9.26 Å². The van der Waals surface area contributed by atoms with Crippen LogP contribution in [-0.2, 0) is 9.84 Å². The molecule has 2 aliphatic rings. The summed E-state index contributed by atoms with van der Waals surface area (Å²) < 4.78 is 24.5. The van der Waals surface area contributed by atoms with Gasteiger partial charge in [0.1, 0.15) is 0 Å². The molecule has 0 saturated carbocycles. The number of anilines is 1. The molecule has 4 nitrogen and oxygen atoms in total. The Morgan fingerprint density at radius 3 is 2.89 bits per heavy atom. The average Bonchev–Trinajstić information content (AvgIpc) is 2.68. The number of sulfone groups is 1. The van der Waals surface area contributed by atoms with E-state index in [4.69, 9.17) is 5.41 Å². The Bertz CT molecular complexity index is 617. The van der Waals surface area contributed by atoms with Crippen molar-refractivity contribution in [3.63, 3.8) is 0 Å². The molecular formula is C11H11IN2O2S2. The standard InChI is InChI=1S/C11H11IN2O2S2/c12-7-2-1-3-8(4-7)14-9-5-18(15,16)6-10(9)17-11(14)13/h1-4,9-10,13H,5-6H2. The molecular weight excluding hydrogens is 383 g/mol. The van der Waals surface area contributed by atoms with Gasteiger partial charge in [-0.25, -0.2) is 8.42 Å². The summed E-state index contributed by atoms with van der Waals surface area (Å²) in [7, 11) is -2.94. The van der Waals surface area contributed by atoms with Crippen molar-refractivity contribution in [3.05, 3.63) is 27.8 Å². The quantitative estimate of drug-likeness (QED) is 0.740. The van der Waals surface area contributed by atoms with Crippen molar-refractivity contribution in [2.45, 2.75) is 11.3 Å². The van der Waals surface area contributed by atoms with E-state index in [2.05, 4.69) is 22.6 Å². The van der Waals surface area contributed by atoms with Gasteiger partial charge in [-0.3, -0.25) is 5.41 Å². The number of nitrogens with one attached hydrogen (secondary N) is 1. The highest BCUT2D eigenvalue weighted by atomic mass is 127. The summed E-state index contributed by atoms with van der Waals surface area (Å²) in [4.78, 5) is 1.86. The van der Waals surface area contributed by atoms with Gasteiger partial charge in [0.25, 0.3) is 0 Å². The average molecular weight is 394 g/mol. The van der Waals surface area contributed by atoms with Gasteiger partial charge in [0.15, 0.2) is 15.0 Å². The molecule has 1 N–H and O–H groups in total. The van der Waals surface area contributed by atoms with Crippen LogP contribution >= 0.6 is 34.4 Å². The normalized spacial score (nSPS) is 29.6. The minimum Gasteiger partial charge on any atom is -0.316 e. The van der Waals surface area contributed by atoms with Gasteiger partial charge in [-0.1, -0.05) is 17.8 Å². The van der Waals surface area contributed by atoms with Gasteiger partial charge < -0.3 is 4.90 Å². The van der Waals surface area contributed by atoms with E-state index in [1.165, 1.54) is 11.8 Å². The molecule has 2 fully saturated rings. The fourth-order valence-electron chi connectivity index (χ4n) is 2.44. The number of thioether (sulfide) groups is 1. The third-order valence-electron chi connectivity index (χ3n) is 3.17. The number of hydrogen-bond acceptors (Lipinski definition) is 4. The molecule has 96 valence electrons. The Balaban J connectivity index is 1.99. The molecule has 0 spiro atoms. The second-order valence-electron chi connectivity index (χ2n) is 4.46. The third kappa shape index (κ3) is 2.16. The van der Waals surface area contributed by atoms with E-state index >= 15 is 0 Å². The van der Waals surface area contributed by atoms with Gasteiger partial charge in [-0.05, 0) is 40.8 Å². The fraction of sp³-hybridized carbons (Fsp3) is 0.364. The predicted molar refractivity (Wildman–Crippen MR) is 83.2 cm³/mol. The van der Waals surface area contributed by atoms with Crippen molar-refractivity contribution in [2.75, 3.05) is 16.4 Å². The summed E-state index contributed by atoms with van der Waals surface area (Å²) in [5.41, 5.74) is 0.920. The first kappa shape index (κ1) is 12.7. The van der Waals surface area contributed by atoms with Crippen LogP contribution in [0.5, 0.6) is 0 Å². The monoisotopic (exact) mass is 394 g/mol. The molecule has 0 aliphatic carbocycles. The summed E-state index contributed by atoms with van der Waals surface area (Å²) in [6.07, 6.45) is 0. The van der Waals surface area contributed by atoms with Crippen LogP contribution in [0, 0.1) is 8.98 Å². The SMILES string of the molecule is N=C1SC2CS(=O)(=O)CC2N1c1cccc(I)c1. The second-order valence-corrected chi connectivity index (χ2v) is 9.08. The van der Waals surface area contributed by atoms with Gasteiger partial charge in [-0.15, -0.1) is 0 Å². The van der Waals surface area contributed by atoms with E-state index < -0.39 is 9.84 Å².